The highest BCUT2D eigenvalue weighted by Crippen LogP contribution is 2.63. The number of aliphatic hydroxyl groups is 1. The summed E-state index contributed by atoms with van der Waals surface area (Å²) in [5.74, 6) is -54.9. The van der Waals surface area contributed by atoms with Gasteiger partial charge in [-0.25, -0.2) is 4.39 Å². The number of carboxylic acids is 1. The Labute approximate surface area is 184 Å². The summed E-state index contributed by atoms with van der Waals surface area (Å²) in [5.41, 5.74) is 0. The number of allylic oxidation sites excluding steroid dienone is 1. The fraction of sp³-hybridized carbons (Fsp3) is 0.800. The maximum absolute atomic E-state index is 13.7. The number of carboxylic acid groups (broad SMARTS) is 1. The molecule has 0 aliphatic heterocycles. The second-order valence-corrected chi connectivity index (χ2v) is 7.67. The molecule has 1 N–H and O–H groups in total. The van der Waals surface area contributed by atoms with Gasteiger partial charge in [-0.05, 0) is 6.08 Å². The second kappa shape index (κ2) is 9.15. The van der Waals surface area contributed by atoms with E-state index < -0.39 is 83.3 Å². The highest BCUT2D eigenvalue weighted by atomic mass is 19.4. The zero-order valence-electron chi connectivity index (χ0n) is 16.8. The van der Waals surface area contributed by atoms with Gasteiger partial charge in [-0.15, -0.1) is 0 Å². The molecule has 0 aromatic heterocycles. The van der Waals surface area contributed by atoms with E-state index in [-0.39, 0.29) is 0 Å². The second-order valence-electron chi connectivity index (χ2n) is 7.67. The van der Waals surface area contributed by atoms with Crippen molar-refractivity contribution >= 4 is 5.97 Å². The molecule has 0 saturated heterocycles. The van der Waals surface area contributed by atoms with Crippen molar-refractivity contribution in [2.45, 2.75) is 47.8 Å². The number of halogens is 16. The third kappa shape index (κ3) is 5.56. The van der Waals surface area contributed by atoms with Crippen molar-refractivity contribution in [2.75, 3.05) is 27.2 Å². The smallest absolute Gasteiger partial charge is 0.460 e. The first-order chi connectivity index (χ1) is 14.9. The zero-order chi connectivity index (χ0) is 28.9. The van der Waals surface area contributed by atoms with Gasteiger partial charge in [-0.2, -0.15) is 65.9 Å². The Kier molecular flexibility index (Phi) is 8.63. The maximum Gasteiger partial charge on any atom is 0.460 e. The average molecular weight is 559 g/mol. The van der Waals surface area contributed by atoms with Crippen LogP contribution in [0.25, 0.3) is 0 Å². The van der Waals surface area contributed by atoms with Crippen LogP contribution in [0.4, 0.5) is 70.2 Å². The lowest BCUT2D eigenvalue weighted by Crippen LogP contribution is -2.72. The van der Waals surface area contributed by atoms with Gasteiger partial charge >= 0.3 is 41.7 Å². The standard InChI is InChI=1S/C15H13F16NO3/c1-32(2,5-8(34)35)4-6(33)3-7(16)9(17,18)10(19,20)11(21,22)12(23,24)13(25,26)14(27,28)15(29,30)31/h3,6,33H,4-5H2,1-2H3. The van der Waals surface area contributed by atoms with Gasteiger partial charge in [-0.3, -0.25) is 0 Å². The van der Waals surface area contributed by atoms with E-state index in [2.05, 4.69) is 0 Å². The maximum atomic E-state index is 13.7. The van der Waals surface area contributed by atoms with Crippen LogP contribution in [0.15, 0.2) is 11.9 Å². The van der Waals surface area contributed by atoms with Crippen LogP contribution in [-0.2, 0) is 4.79 Å². The highest BCUT2D eigenvalue weighted by Gasteiger charge is 2.93. The summed E-state index contributed by atoms with van der Waals surface area (Å²) >= 11 is 0. The van der Waals surface area contributed by atoms with Crippen LogP contribution in [0.3, 0.4) is 0 Å². The Morgan fingerprint density at radius 3 is 1.46 bits per heavy atom. The van der Waals surface area contributed by atoms with Crippen molar-refractivity contribution in [3.63, 3.8) is 0 Å². The van der Waals surface area contributed by atoms with Gasteiger partial charge < -0.3 is 19.5 Å². The van der Waals surface area contributed by atoms with E-state index in [1.807, 2.05) is 0 Å². The number of rotatable bonds is 11. The van der Waals surface area contributed by atoms with Gasteiger partial charge in [0.15, 0.2) is 5.83 Å². The molecule has 0 radical (unpaired) electrons. The molecular weight excluding hydrogens is 546 g/mol. The molecule has 0 spiro atoms. The topological polar surface area (TPSA) is 60.4 Å². The first-order valence-electron chi connectivity index (χ1n) is 8.35. The molecule has 208 valence electrons. The average Bonchev–Trinajstić information content (AvgIpc) is 2.57. The van der Waals surface area contributed by atoms with Crippen molar-refractivity contribution in [1.29, 1.82) is 0 Å². The van der Waals surface area contributed by atoms with Gasteiger partial charge in [0, 0.05) is 0 Å². The molecule has 0 rings (SSSR count). The Bertz CT molecular complexity index is 818. The van der Waals surface area contributed by atoms with Crippen LogP contribution in [0, 0.1) is 0 Å². The fourth-order valence-corrected chi connectivity index (χ4v) is 2.36. The largest absolute Gasteiger partial charge is 0.544 e. The molecule has 0 aliphatic carbocycles. The summed E-state index contributed by atoms with van der Waals surface area (Å²) in [5, 5.41) is 19.9. The summed E-state index contributed by atoms with van der Waals surface area (Å²) in [7, 11) is 1.77. The molecule has 1 atom stereocenters. The van der Waals surface area contributed by atoms with Crippen LogP contribution < -0.4 is 5.11 Å². The number of aliphatic carboxylic acids is 1. The first-order valence-corrected chi connectivity index (χ1v) is 8.35. The van der Waals surface area contributed by atoms with Gasteiger partial charge in [-0.1, -0.05) is 0 Å². The summed E-state index contributed by atoms with van der Waals surface area (Å²) in [6.07, 6.45) is -11.6. The summed E-state index contributed by atoms with van der Waals surface area (Å²) in [6, 6.07) is 0. The Morgan fingerprint density at radius 2 is 1.11 bits per heavy atom. The first kappa shape index (κ1) is 33.0. The molecule has 20 heteroatoms. The van der Waals surface area contributed by atoms with Crippen molar-refractivity contribution in [1.82, 2.24) is 0 Å². The third-order valence-electron chi connectivity index (χ3n) is 4.20. The lowest BCUT2D eigenvalue weighted by atomic mass is 9.90. The number of carbonyl (C=O) groups excluding carboxylic acids is 1. The molecule has 0 amide bonds. The third-order valence-corrected chi connectivity index (χ3v) is 4.20. The van der Waals surface area contributed by atoms with E-state index in [9.17, 15) is 85.3 Å². The Hall–Kier alpha value is -1.99. The zero-order valence-corrected chi connectivity index (χ0v) is 16.8. The van der Waals surface area contributed by atoms with E-state index in [1.54, 1.807) is 0 Å². The van der Waals surface area contributed by atoms with Crippen LogP contribution in [0.5, 0.6) is 0 Å². The molecule has 0 bridgehead atoms. The number of carbonyl (C=O) groups is 1. The van der Waals surface area contributed by atoms with E-state index in [4.69, 9.17) is 0 Å². The molecule has 0 aromatic rings. The van der Waals surface area contributed by atoms with Crippen LogP contribution >= 0.6 is 0 Å². The molecule has 1 unspecified atom stereocenters. The number of hydrogen-bond donors (Lipinski definition) is 1. The summed E-state index contributed by atoms with van der Waals surface area (Å²) in [6.45, 7) is -2.22. The molecule has 4 nitrogen and oxygen atoms in total. The summed E-state index contributed by atoms with van der Waals surface area (Å²) < 4.78 is 209. The monoisotopic (exact) mass is 559 g/mol. The van der Waals surface area contributed by atoms with Crippen LogP contribution in [0.1, 0.15) is 0 Å². The minimum Gasteiger partial charge on any atom is -0.544 e. The number of quaternary nitrogens is 1. The van der Waals surface area contributed by atoms with Crippen LogP contribution in [0.2, 0.25) is 0 Å². The minimum absolute atomic E-state index is 0.884. The van der Waals surface area contributed by atoms with Gasteiger partial charge in [0.25, 0.3) is 0 Å². The SMILES string of the molecule is C[N+](C)(CC(=O)[O-])CC(O)C=C(F)C(F)(F)C(F)(F)C(F)(F)C(F)(F)C(F)(F)C(F)(F)C(F)(F)F. The van der Waals surface area contributed by atoms with E-state index in [0.29, 0.717) is 0 Å². The Morgan fingerprint density at radius 1 is 0.771 bits per heavy atom. The number of hydrogen-bond acceptors (Lipinski definition) is 3. The number of alkyl halides is 15. The van der Waals surface area contributed by atoms with Gasteiger partial charge in [0.1, 0.15) is 19.2 Å². The predicted octanol–water partition coefficient (Wildman–Crippen LogP) is 3.40. The molecular formula is C15H13F16NO3. The molecule has 0 fully saturated rings. The van der Waals surface area contributed by atoms with E-state index >= 15 is 0 Å². The molecule has 35 heavy (non-hydrogen) atoms. The number of aliphatic hydroxyl groups excluding tert-OH is 1. The van der Waals surface area contributed by atoms with Gasteiger partial charge in [0.05, 0.1) is 20.1 Å². The van der Waals surface area contributed by atoms with Gasteiger partial charge in [0.2, 0.25) is 0 Å². The number of nitrogens with zero attached hydrogens (tertiary/aromatic N) is 1. The normalized spacial score (nSPS) is 16.9. The quantitative estimate of drug-likeness (QED) is 0.312. The minimum atomic E-state index is -8.57. The molecule has 0 aliphatic rings. The van der Waals surface area contributed by atoms with Crippen molar-refractivity contribution in [2.24, 2.45) is 0 Å². The lowest BCUT2D eigenvalue weighted by Gasteiger charge is -2.41. The van der Waals surface area contributed by atoms with Crippen LogP contribution in [-0.4, -0.2) is 90.6 Å². The van der Waals surface area contributed by atoms with Crippen molar-refractivity contribution < 1.29 is 89.7 Å². The molecule has 0 aromatic carbocycles. The van der Waals surface area contributed by atoms with Crippen molar-refractivity contribution in [3.05, 3.63) is 11.9 Å². The molecule has 0 heterocycles. The van der Waals surface area contributed by atoms with E-state index in [0.717, 1.165) is 14.1 Å². The number of likely N-dealkylation sites (N-methyl/N-ethyl adjacent to an activating group) is 1. The fourth-order valence-electron chi connectivity index (χ4n) is 2.36. The lowest BCUT2D eigenvalue weighted by molar-refractivity contribution is -0.887. The predicted molar refractivity (Wildman–Crippen MR) is 77.8 cm³/mol. The summed E-state index contributed by atoms with van der Waals surface area (Å²) in [4.78, 5) is 10.5. The van der Waals surface area contributed by atoms with Crippen molar-refractivity contribution in [3.8, 4) is 0 Å². The van der Waals surface area contributed by atoms with E-state index in [1.165, 1.54) is 0 Å². The highest BCUT2D eigenvalue weighted by molar-refractivity contribution is 5.65. The molecule has 0 saturated carbocycles. The Balaban J connectivity index is 6.46.